The summed E-state index contributed by atoms with van der Waals surface area (Å²) < 4.78 is 0. The normalized spacial score (nSPS) is 16.3. The van der Waals surface area contributed by atoms with Crippen LogP contribution in [0.4, 0.5) is 0 Å². The van der Waals surface area contributed by atoms with Crippen LogP contribution in [-0.4, -0.2) is 16.6 Å². The van der Waals surface area contributed by atoms with Crippen LogP contribution in [-0.2, 0) is 0 Å². The number of rotatable bonds is 3. The van der Waals surface area contributed by atoms with E-state index in [9.17, 15) is 4.79 Å². The van der Waals surface area contributed by atoms with E-state index >= 15 is 0 Å². The highest BCUT2D eigenvalue weighted by atomic mass is 35.5. The van der Waals surface area contributed by atoms with Crippen molar-refractivity contribution in [1.82, 2.24) is 5.01 Å². The number of benzene rings is 3. The van der Waals surface area contributed by atoms with Gasteiger partial charge in [-0.25, -0.2) is 5.01 Å². The van der Waals surface area contributed by atoms with Crippen LogP contribution in [0, 0.1) is 0 Å². The number of hydrazone groups is 1. The van der Waals surface area contributed by atoms with Crippen LogP contribution in [0.2, 0.25) is 10.0 Å². The van der Waals surface area contributed by atoms with Crippen molar-refractivity contribution >= 4 is 34.8 Å². The molecule has 0 fully saturated rings. The van der Waals surface area contributed by atoms with Crippen LogP contribution < -0.4 is 0 Å². The van der Waals surface area contributed by atoms with Crippen molar-refractivity contribution in [2.24, 2.45) is 5.10 Å². The van der Waals surface area contributed by atoms with E-state index in [1.165, 1.54) is 0 Å². The fraction of sp³-hybridized carbons (Fsp3) is 0.0909. The van der Waals surface area contributed by atoms with Gasteiger partial charge in [-0.3, -0.25) is 4.79 Å². The monoisotopic (exact) mass is 394 g/mol. The number of hydrogen-bond donors (Lipinski definition) is 0. The van der Waals surface area contributed by atoms with Gasteiger partial charge in [-0.1, -0.05) is 65.7 Å². The zero-order valence-electron chi connectivity index (χ0n) is 14.3. The molecule has 27 heavy (non-hydrogen) atoms. The number of amides is 1. The second-order valence-corrected chi connectivity index (χ2v) is 7.21. The van der Waals surface area contributed by atoms with Gasteiger partial charge >= 0.3 is 0 Å². The fourth-order valence-electron chi connectivity index (χ4n) is 3.17. The molecule has 1 aliphatic rings. The van der Waals surface area contributed by atoms with Gasteiger partial charge in [0.1, 0.15) is 0 Å². The maximum Gasteiger partial charge on any atom is 0.274 e. The van der Waals surface area contributed by atoms with Crippen molar-refractivity contribution in [3.05, 3.63) is 106 Å². The van der Waals surface area contributed by atoms with Crippen LogP contribution in [0.25, 0.3) is 0 Å². The minimum absolute atomic E-state index is 0.155. The highest BCUT2D eigenvalue weighted by Gasteiger charge is 2.33. The molecule has 0 bridgehead atoms. The van der Waals surface area contributed by atoms with E-state index < -0.39 is 0 Å². The average molecular weight is 395 g/mol. The maximum atomic E-state index is 13.1. The molecule has 0 aromatic heterocycles. The minimum Gasteiger partial charge on any atom is -0.267 e. The zero-order chi connectivity index (χ0) is 18.8. The molecule has 3 nitrogen and oxygen atoms in total. The van der Waals surface area contributed by atoms with Crippen molar-refractivity contribution in [3.63, 3.8) is 0 Å². The lowest BCUT2D eigenvalue weighted by Crippen LogP contribution is -2.27. The molecule has 1 aliphatic heterocycles. The lowest BCUT2D eigenvalue weighted by molar-refractivity contribution is 0.0711. The zero-order valence-corrected chi connectivity index (χ0v) is 15.9. The Labute approximate surface area is 167 Å². The first-order chi connectivity index (χ1) is 13.1. The van der Waals surface area contributed by atoms with Gasteiger partial charge in [-0.2, -0.15) is 5.10 Å². The van der Waals surface area contributed by atoms with E-state index in [2.05, 4.69) is 5.10 Å². The summed E-state index contributed by atoms with van der Waals surface area (Å²) in [7, 11) is 0. The van der Waals surface area contributed by atoms with Crippen molar-refractivity contribution in [3.8, 4) is 0 Å². The molecule has 1 amide bonds. The van der Waals surface area contributed by atoms with E-state index in [4.69, 9.17) is 23.2 Å². The number of halogens is 2. The summed E-state index contributed by atoms with van der Waals surface area (Å²) in [6.07, 6.45) is 0.644. The number of nitrogens with zero attached hydrogens (tertiary/aromatic N) is 2. The first kappa shape index (κ1) is 17.8. The Balaban J connectivity index is 1.72. The molecule has 0 spiro atoms. The molecule has 4 rings (SSSR count). The largest absolute Gasteiger partial charge is 0.274 e. The van der Waals surface area contributed by atoms with Crippen LogP contribution in [0.3, 0.4) is 0 Å². The molecule has 0 radical (unpaired) electrons. The van der Waals surface area contributed by atoms with Gasteiger partial charge in [0, 0.05) is 22.0 Å². The summed E-state index contributed by atoms with van der Waals surface area (Å²) in [6, 6.07) is 24.2. The molecule has 3 aromatic rings. The molecule has 134 valence electrons. The standard InChI is InChI=1S/C22H16Cl2N2O/c23-18-10-6-16(7-11-18)21-14-20(15-4-2-1-3-5-15)25-26(21)22(27)17-8-12-19(24)13-9-17/h1-13,21H,14H2. The molecule has 3 aromatic carbocycles. The minimum atomic E-state index is -0.180. The van der Waals surface area contributed by atoms with E-state index in [0.717, 1.165) is 16.8 Å². The molecule has 0 saturated heterocycles. The van der Waals surface area contributed by atoms with Crippen LogP contribution in [0.5, 0.6) is 0 Å². The van der Waals surface area contributed by atoms with E-state index in [1.54, 1.807) is 29.3 Å². The first-order valence-electron chi connectivity index (χ1n) is 8.59. The number of carbonyl (C=O) groups excluding carboxylic acids is 1. The molecular weight excluding hydrogens is 379 g/mol. The van der Waals surface area contributed by atoms with Gasteiger partial charge < -0.3 is 0 Å². The first-order valence-corrected chi connectivity index (χ1v) is 9.35. The third-order valence-corrected chi connectivity index (χ3v) is 5.08. The molecule has 1 atom stereocenters. The Morgan fingerprint density at radius 3 is 2.07 bits per heavy atom. The Morgan fingerprint density at radius 1 is 0.852 bits per heavy atom. The van der Waals surface area contributed by atoms with Gasteiger partial charge in [0.15, 0.2) is 0 Å². The van der Waals surface area contributed by atoms with Gasteiger partial charge in [0.2, 0.25) is 0 Å². The van der Waals surface area contributed by atoms with Gasteiger partial charge in [0.05, 0.1) is 11.8 Å². The Kier molecular flexibility index (Phi) is 4.97. The van der Waals surface area contributed by atoms with Crippen LogP contribution in [0.15, 0.2) is 84.0 Å². The molecule has 1 unspecified atom stereocenters. The Bertz CT molecular complexity index is 983. The van der Waals surface area contributed by atoms with Crippen molar-refractivity contribution in [2.75, 3.05) is 0 Å². The van der Waals surface area contributed by atoms with Crippen molar-refractivity contribution in [2.45, 2.75) is 12.5 Å². The molecule has 0 saturated carbocycles. The quantitative estimate of drug-likeness (QED) is 0.537. The SMILES string of the molecule is O=C(c1ccc(Cl)cc1)N1N=C(c2ccccc2)CC1c1ccc(Cl)cc1. The highest BCUT2D eigenvalue weighted by molar-refractivity contribution is 6.30. The summed E-state index contributed by atoms with van der Waals surface area (Å²) in [6.45, 7) is 0. The van der Waals surface area contributed by atoms with Gasteiger partial charge in [-0.15, -0.1) is 0 Å². The van der Waals surface area contributed by atoms with Gasteiger partial charge in [-0.05, 0) is 47.5 Å². The van der Waals surface area contributed by atoms with E-state index in [1.807, 2.05) is 54.6 Å². The third-order valence-electron chi connectivity index (χ3n) is 4.57. The van der Waals surface area contributed by atoms with Crippen molar-refractivity contribution < 1.29 is 4.79 Å². The fourth-order valence-corrected chi connectivity index (χ4v) is 3.42. The number of carbonyl (C=O) groups is 1. The Hall–Kier alpha value is -2.62. The highest BCUT2D eigenvalue weighted by Crippen LogP contribution is 2.34. The summed E-state index contributed by atoms with van der Waals surface area (Å²) in [5.74, 6) is -0.155. The van der Waals surface area contributed by atoms with E-state index in [-0.39, 0.29) is 11.9 Å². The predicted molar refractivity (Wildman–Crippen MR) is 109 cm³/mol. The lowest BCUT2D eigenvalue weighted by Gasteiger charge is -2.22. The predicted octanol–water partition coefficient (Wildman–Crippen LogP) is 5.98. The molecule has 0 aliphatic carbocycles. The second kappa shape index (κ2) is 7.55. The lowest BCUT2D eigenvalue weighted by atomic mass is 9.98. The molecule has 1 heterocycles. The Morgan fingerprint density at radius 2 is 1.44 bits per heavy atom. The van der Waals surface area contributed by atoms with Gasteiger partial charge in [0.25, 0.3) is 5.91 Å². The smallest absolute Gasteiger partial charge is 0.267 e. The van der Waals surface area contributed by atoms with Crippen LogP contribution >= 0.6 is 23.2 Å². The summed E-state index contributed by atoms with van der Waals surface area (Å²) in [5.41, 5.74) is 3.45. The van der Waals surface area contributed by atoms with E-state index in [0.29, 0.717) is 22.0 Å². The molecule has 5 heteroatoms. The average Bonchev–Trinajstić information content (AvgIpc) is 3.15. The molecular formula is C22H16Cl2N2O. The molecule has 0 N–H and O–H groups in total. The van der Waals surface area contributed by atoms with Crippen molar-refractivity contribution in [1.29, 1.82) is 0 Å². The summed E-state index contributed by atoms with van der Waals surface area (Å²) in [4.78, 5) is 13.1. The number of hydrogen-bond acceptors (Lipinski definition) is 2. The maximum absolute atomic E-state index is 13.1. The second-order valence-electron chi connectivity index (χ2n) is 6.34. The topological polar surface area (TPSA) is 32.7 Å². The summed E-state index contributed by atoms with van der Waals surface area (Å²) >= 11 is 12.0. The third kappa shape index (κ3) is 3.75. The van der Waals surface area contributed by atoms with Crippen LogP contribution in [0.1, 0.15) is 33.9 Å². The summed E-state index contributed by atoms with van der Waals surface area (Å²) in [5, 5.41) is 7.49.